The van der Waals surface area contributed by atoms with Gasteiger partial charge in [0, 0.05) is 21.5 Å². The minimum Gasteiger partial charge on any atom is -0.496 e. The van der Waals surface area contributed by atoms with Crippen LogP contribution in [0.15, 0.2) is 10.5 Å². The van der Waals surface area contributed by atoms with Crippen LogP contribution in [-0.4, -0.2) is 26.7 Å². The average Bonchev–Trinajstić information content (AvgIpc) is 2.38. The van der Waals surface area contributed by atoms with Crippen LogP contribution in [0.5, 0.6) is 5.75 Å². The van der Waals surface area contributed by atoms with E-state index in [9.17, 15) is 8.78 Å². The Hall–Kier alpha value is -0.200. The van der Waals surface area contributed by atoms with Crippen LogP contribution < -0.4 is 4.74 Å². The predicted octanol–water partition coefficient (Wildman–Crippen LogP) is 5.18. The van der Waals surface area contributed by atoms with Crippen LogP contribution in [0.3, 0.4) is 0 Å². The summed E-state index contributed by atoms with van der Waals surface area (Å²) in [5.74, 6) is 0.821. The van der Waals surface area contributed by atoms with Gasteiger partial charge in [-0.05, 0) is 37.5 Å². The molecule has 1 rings (SSSR count). The van der Waals surface area contributed by atoms with E-state index >= 15 is 0 Å². The lowest BCUT2D eigenvalue weighted by atomic mass is 9.99. The van der Waals surface area contributed by atoms with Gasteiger partial charge in [-0.15, -0.1) is 0 Å². The van der Waals surface area contributed by atoms with E-state index in [1.54, 1.807) is 7.11 Å². The normalized spacial score (nSPS) is 12.8. The largest absolute Gasteiger partial charge is 0.496 e. The molecular formula is C14H18Br2F2O2. The number of methoxy groups -OCH3 is 1. The quantitative estimate of drug-likeness (QED) is 0.451. The molecule has 0 amide bonds. The summed E-state index contributed by atoms with van der Waals surface area (Å²) in [4.78, 5) is -0.00803. The van der Waals surface area contributed by atoms with Crippen molar-refractivity contribution in [3.63, 3.8) is 0 Å². The summed E-state index contributed by atoms with van der Waals surface area (Å²) >= 11 is 7.12. The molecule has 1 aromatic carbocycles. The predicted molar refractivity (Wildman–Crippen MR) is 83.3 cm³/mol. The summed E-state index contributed by atoms with van der Waals surface area (Å²) in [5, 5.41) is 0. The summed E-state index contributed by atoms with van der Waals surface area (Å²) in [6.07, 6.45) is -1.83. The Morgan fingerprint density at radius 1 is 1.30 bits per heavy atom. The zero-order chi connectivity index (χ0) is 15.3. The zero-order valence-electron chi connectivity index (χ0n) is 11.7. The summed E-state index contributed by atoms with van der Waals surface area (Å²) < 4.78 is 35.4. The summed E-state index contributed by atoms with van der Waals surface area (Å²) in [5.41, 5.74) is 3.13. The molecule has 0 aliphatic carbocycles. The van der Waals surface area contributed by atoms with Gasteiger partial charge in [0.2, 0.25) is 0 Å². The Kier molecular flexibility index (Phi) is 7.40. The highest BCUT2D eigenvalue weighted by Gasteiger charge is 2.20. The van der Waals surface area contributed by atoms with E-state index in [1.165, 1.54) is 0 Å². The summed E-state index contributed by atoms with van der Waals surface area (Å²) in [6, 6.07) is 2.00. The fraction of sp³-hybridized carbons (Fsp3) is 0.571. The number of aryl methyl sites for hydroxylation is 1. The molecule has 0 aromatic heterocycles. The molecule has 0 aliphatic heterocycles. The Labute approximate surface area is 135 Å². The molecule has 114 valence electrons. The van der Waals surface area contributed by atoms with E-state index in [0.29, 0.717) is 6.42 Å². The smallest absolute Gasteiger partial charge is 0.261 e. The maximum atomic E-state index is 12.0. The summed E-state index contributed by atoms with van der Waals surface area (Å²) in [6.45, 7) is 3.72. The third-order valence-electron chi connectivity index (χ3n) is 2.99. The van der Waals surface area contributed by atoms with E-state index in [0.717, 1.165) is 26.9 Å². The maximum Gasteiger partial charge on any atom is 0.261 e. The first-order valence-corrected chi connectivity index (χ1v) is 7.92. The van der Waals surface area contributed by atoms with Crippen molar-refractivity contribution in [2.45, 2.75) is 31.5 Å². The van der Waals surface area contributed by atoms with Gasteiger partial charge in [0.1, 0.15) is 12.4 Å². The lowest BCUT2D eigenvalue weighted by Crippen LogP contribution is -2.08. The van der Waals surface area contributed by atoms with Crippen LogP contribution >= 0.6 is 31.9 Å². The van der Waals surface area contributed by atoms with E-state index in [1.807, 2.05) is 19.9 Å². The Bertz CT molecular complexity index is 453. The second kappa shape index (κ2) is 8.29. The minimum atomic E-state index is -2.42. The van der Waals surface area contributed by atoms with E-state index in [4.69, 9.17) is 9.47 Å². The number of hydrogen-bond donors (Lipinski definition) is 0. The van der Waals surface area contributed by atoms with Crippen molar-refractivity contribution in [2.75, 3.05) is 20.3 Å². The Morgan fingerprint density at radius 3 is 2.50 bits per heavy atom. The molecule has 0 spiro atoms. The molecule has 1 aromatic rings. The van der Waals surface area contributed by atoms with E-state index < -0.39 is 13.0 Å². The number of hydrogen-bond acceptors (Lipinski definition) is 2. The molecule has 0 saturated heterocycles. The van der Waals surface area contributed by atoms with Gasteiger partial charge in [-0.1, -0.05) is 31.9 Å². The Morgan fingerprint density at radius 2 is 1.95 bits per heavy atom. The highest BCUT2D eigenvalue weighted by Crippen LogP contribution is 2.41. The van der Waals surface area contributed by atoms with Gasteiger partial charge in [0.05, 0.1) is 7.11 Å². The lowest BCUT2D eigenvalue weighted by molar-refractivity contribution is 0.0167. The molecule has 2 nitrogen and oxygen atoms in total. The molecule has 1 atom stereocenters. The average molecular weight is 416 g/mol. The highest BCUT2D eigenvalue weighted by molar-refractivity contribution is 9.10. The fourth-order valence-electron chi connectivity index (χ4n) is 2.03. The van der Waals surface area contributed by atoms with Crippen molar-refractivity contribution in [1.82, 2.24) is 0 Å². The van der Waals surface area contributed by atoms with Gasteiger partial charge < -0.3 is 9.47 Å². The van der Waals surface area contributed by atoms with Gasteiger partial charge in [-0.3, -0.25) is 0 Å². The molecular weight excluding hydrogens is 398 g/mol. The Balaban J connectivity index is 2.83. The maximum absolute atomic E-state index is 12.0. The number of alkyl halides is 3. The van der Waals surface area contributed by atoms with Crippen LogP contribution in [0.25, 0.3) is 0 Å². The van der Waals surface area contributed by atoms with Crippen molar-refractivity contribution in [3.05, 3.63) is 27.2 Å². The first-order chi connectivity index (χ1) is 9.38. The van der Waals surface area contributed by atoms with Gasteiger partial charge in [0.25, 0.3) is 6.43 Å². The fourth-order valence-corrected chi connectivity index (χ4v) is 3.32. The third kappa shape index (κ3) is 4.67. The van der Waals surface area contributed by atoms with Gasteiger partial charge >= 0.3 is 0 Å². The number of ether oxygens (including phenoxy) is 2. The van der Waals surface area contributed by atoms with Gasteiger partial charge in [-0.25, -0.2) is 8.78 Å². The van der Waals surface area contributed by atoms with Gasteiger partial charge in [0.15, 0.2) is 0 Å². The highest BCUT2D eigenvalue weighted by atomic mass is 79.9. The van der Waals surface area contributed by atoms with Crippen molar-refractivity contribution in [2.24, 2.45) is 0 Å². The van der Waals surface area contributed by atoms with Crippen LogP contribution in [0.2, 0.25) is 0 Å². The molecule has 0 heterocycles. The van der Waals surface area contributed by atoms with Crippen LogP contribution in [0.4, 0.5) is 8.78 Å². The number of rotatable bonds is 7. The molecule has 0 aliphatic rings. The first kappa shape index (κ1) is 17.9. The van der Waals surface area contributed by atoms with E-state index in [2.05, 4.69) is 31.9 Å². The molecule has 6 heteroatoms. The second-order valence-electron chi connectivity index (χ2n) is 4.47. The van der Waals surface area contributed by atoms with Crippen molar-refractivity contribution in [1.29, 1.82) is 0 Å². The standard InChI is InChI=1S/C14H18Br2F2O2/c1-8-6-11(16)9(2)13(14(8)19-3)10(15)4-5-20-7-12(17)18/h6,10,12H,4-5,7H2,1-3H3. The van der Waals surface area contributed by atoms with Crippen LogP contribution in [0.1, 0.15) is 27.9 Å². The van der Waals surface area contributed by atoms with Gasteiger partial charge in [-0.2, -0.15) is 0 Å². The summed E-state index contributed by atoms with van der Waals surface area (Å²) in [7, 11) is 1.63. The zero-order valence-corrected chi connectivity index (χ0v) is 14.9. The number of benzene rings is 1. The molecule has 0 saturated carbocycles. The van der Waals surface area contributed by atoms with Crippen molar-refractivity contribution in [3.8, 4) is 5.75 Å². The first-order valence-electron chi connectivity index (χ1n) is 6.22. The van der Waals surface area contributed by atoms with Crippen LogP contribution in [-0.2, 0) is 4.74 Å². The molecule has 0 radical (unpaired) electrons. The lowest BCUT2D eigenvalue weighted by Gasteiger charge is -2.20. The monoisotopic (exact) mass is 414 g/mol. The second-order valence-corrected chi connectivity index (χ2v) is 6.43. The topological polar surface area (TPSA) is 18.5 Å². The van der Waals surface area contributed by atoms with Crippen LogP contribution in [0, 0.1) is 13.8 Å². The molecule has 20 heavy (non-hydrogen) atoms. The molecule has 0 N–H and O–H groups in total. The molecule has 0 bridgehead atoms. The van der Waals surface area contributed by atoms with Crippen molar-refractivity contribution < 1.29 is 18.3 Å². The van der Waals surface area contributed by atoms with E-state index in [-0.39, 0.29) is 11.4 Å². The third-order valence-corrected chi connectivity index (χ3v) is 4.72. The number of halogens is 4. The van der Waals surface area contributed by atoms with Crippen molar-refractivity contribution >= 4 is 31.9 Å². The SMILES string of the molecule is COc1c(C)cc(Br)c(C)c1C(Br)CCOCC(F)F. The minimum absolute atomic E-state index is 0.00803. The molecule has 1 unspecified atom stereocenters. The molecule has 0 fully saturated rings.